The summed E-state index contributed by atoms with van der Waals surface area (Å²) in [6.45, 7) is -0.506. The molecule has 0 fully saturated rings. The molecule has 18 heavy (non-hydrogen) atoms. The van der Waals surface area contributed by atoms with Crippen molar-refractivity contribution in [3.8, 4) is 6.07 Å². The average Bonchev–Trinajstić information content (AvgIpc) is 2.35. The van der Waals surface area contributed by atoms with Crippen LogP contribution >= 0.6 is 0 Å². The third-order valence-corrected chi connectivity index (χ3v) is 3.51. The van der Waals surface area contributed by atoms with Gasteiger partial charge in [0.05, 0.1) is 17.6 Å². The van der Waals surface area contributed by atoms with Crippen LogP contribution in [0.1, 0.15) is 5.56 Å². The van der Waals surface area contributed by atoms with Crippen molar-refractivity contribution in [3.63, 3.8) is 0 Å². The zero-order chi connectivity index (χ0) is 13.8. The summed E-state index contributed by atoms with van der Waals surface area (Å²) in [5, 5.41) is 8.84. The molecule has 0 unspecified atom stereocenters. The van der Waals surface area contributed by atoms with E-state index >= 15 is 0 Å². The maximum atomic E-state index is 11.8. The van der Waals surface area contributed by atoms with Gasteiger partial charge in [-0.3, -0.25) is 4.79 Å². The van der Waals surface area contributed by atoms with Gasteiger partial charge >= 0.3 is 5.97 Å². The number of carbonyl (C=O) groups is 1. The van der Waals surface area contributed by atoms with Crippen molar-refractivity contribution in [2.75, 3.05) is 19.4 Å². The smallest absolute Gasteiger partial charge is 0.320 e. The van der Waals surface area contributed by atoms with Crippen molar-refractivity contribution in [1.82, 2.24) is 4.72 Å². The molecule has 1 aromatic carbocycles. The number of sulfonamides is 1. The molecule has 0 amide bonds. The summed E-state index contributed by atoms with van der Waals surface area (Å²) in [6, 6.07) is 5.53. The molecule has 0 aromatic heterocycles. The number of nitrogens with zero attached hydrogens (tertiary/aromatic N) is 1. The van der Waals surface area contributed by atoms with Crippen LogP contribution in [0.15, 0.2) is 23.1 Å². The highest BCUT2D eigenvalue weighted by Crippen LogP contribution is 2.17. The second-order valence-electron chi connectivity index (χ2n) is 3.27. The van der Waals surface area contributed by atoms with Crippen LogP contribution in [-0.4, -0.2) is 28.0 Å². The first-order valence-corrected chi connectivity index (χ1v) is 6.25. The first kappa shape index (κ1) is 14.0. The monoisotopic (exact) mass is 269 g/mol. The van der Waals surface area contributed by atoms with Gasteiger partial charge in [0.2, 0.25) is 10.0 Å². The van der Waals surface area contributed by atoms with Gasteiger partial charge in [0, 0.05) is 5.69 Å². The number of nitrogens with two attached hydrogens (primary N) is 1. The van der Waals surface area contributed by atoms with Crippen LogP contribution in [-0.2, 0) is 19.6 Å². The largest absolute Gasteiger partial charge is 0.468 e. The Morgan fingerprint density at radius 1 is 1.56 bits per heavy atom. The maximum absolute atomic E-state index is 11.8. The number of benzene rings is 1. The van der Waals surface area contributed by atoms with Gasteiger partial charge in [-0.1, -0.05) is 0 Å². The molecule has 0 saturated heterocycles. The van der Waals surface area contributed by atoms with E-state index in [1.54, 1.807) is 6.07 Å². The number of rotatable bonds is 4. The summed E-state index contributed by atoms with van der Waals surface area (Å²) >= 11 is 0. The van der Waals surface area contributed by atoms with Crippen molar-refractivity contribution in [2.45, 2.75) is 4.90 Å². The highest BCUT2D eigenvalue weighted by atomic mass is 32.2. The van der Waals surface area contributed by atoms with E-state index in [2.05, 4.69) is 4.74 Å². The van der Waals surface area contributed by atoms with Crippen LogP contribution in [0.25, 0.3) is 0 Å². The summed E-state index contributed by atoms with van der Waals surface area (Å²) in [5.74, 6) is -0.729. The summed E-state index contributed by atoms with van der Waals surface area (Å²) < 4.78 is 30.0. The van der Waals surface area contributed by atoms with Crippen LogP contribution in [0.3, 0.4) is 0 Å². The molecule has 0 radical (unpaired) electrons. The minimum atomic E-state index is -3.95. The van der Waals surface area contributed by atoms with Crippen molar-refractivity contribution >= 4 is 21.7 Å². The van der Waals surface area contributed by atoms with Gasteiger partial charge in [0.15, 0.2) is 0 Å². The number of hydrogen-bond acceptors (Lipinski definition) is 6. The highest BCUT2D eigenvalue weighted by Gasteiger charge is 2.19. The normalized spacial score (nSPS) is 10.7. The van der Waals surface area contributed by atoms with Gasteiger partial charge in [0.25, 0.3) is 0 Å². The Morgan fingerprint density at radius 2 is 2.22 bits per heavy atom. The Morgan fingerprint density at radius 3 is 2.78 bits per heavy atom. The Hall–Kier alpha value is -2.11. The van der Waals surface area contributed by atoms with Crippen molar-refractivity contribution in [2.24, 2.45) is 0 Å². The lowest BCUT2D eigenvalue weighted by atomic mass is 10.2. The molecule has 0 heterocycles. The number of esters is 1. The Kier molecular flexibility index (Phi) is 4.25. The van der Waals surface area contributed by atoms with Gasteiger partial charge in [-0.05, 0) is 18.2 Å². The first-order valence-electron chi connectivity index (χ1n) is 4.77. The Bertz CT molecular complexity index is 604. The number of anilines is 1. The molecular weight excluding hydrogens is 258 g/mol. The third kappa shape index (κ3) is 3.19. The molecule has 0 aliphatic carbocycles. The number of nitrogens with one attached hydrogen (secondary N) is 1. The first-order chi connectivity index (χ1) is 8.40. The quantitative estimate of drug-likeness (QED) is 0.566. The van der Waals surface area contributed by atoms with Gasteiger partial charge in [-0.15, -0.1) is 0 Å². The van der Waals surface area contributed by atoms with E-state index in [0.29, 0.717) is 0 Å². The zero-order valence-corrected chi connectivity index (χ0v) is 10.3. The van der Waals surface area contributed by atoms with Crippen LogP contribution in [0.4, 0.5) is 5.69 Å². The minimum absolute atomic E-state index is 0.0904. The number of nitriles is 1. The molecule has 0 saturated carbocycles. The average molecular weight is 269 g/mol. The fourth-order valence-electron chi connectivity index (χ4n) is 1.17. The van der Waals surface area contributed by atoms with E-state index in [1.807, 2.05) is 4.72 Å². The molecule has 3 N–H and O–H groups in total. The predicted molar refractivity (Wildman–Crippen MR) is 62.8 cm³/mol. The predicted octanol–water partition coefficient (Wildman–Crippen LogP) is -0.408. The van der Waals surface area contributed by atoms with Crippen LogP contribution in [0, 0.1) is 11.3 Å². The van der Waals surface area contributed by atoms with E-state index in [-0.39, 0.29) is 16.1 Å². The van der Waals surface area contributed by atoms with E-state index in [0.717, 1.165) is 7.11 Å². The molecular formula is C10H11N3O4S. The molecule has 1 rings (SSSR count). The Balaban J connectivity index is 3.06. The molecule has 0 aliphatic rings. The van der Waals surface area contributed by atoms with E-state index in [4.69, 9.17) is 11.0 Å². The number of methoxy groups -OCH3 is 1. The number of ether oxygens (including phenoxy) is 1. The molecule has 0 atom stereocenters. The van der Waals surface area contributed by atoms with Crippen molar-refractivity contribution in [3.05, 3.63) is 23.8 Å². The summed E-state index contributed by atoms with van der Waals surface area (Å²) in [5.41, 5.74) is 5.64. The molecule has 8 heteroatoms. The molecule has 0 spiro atoms. The lowest BCUT2D eigenvalue weighted by Gasteiger charge is -2.07. The minimum Gasteiger partial charge on any atom is -0.468 e. The second kappa shape index (κ2) is 5.48. The van der Waals surface area contributed by atoms with Crippen LogP contribution < -0.4 is 10.5 Å². The van der Waals surface area contributed by atoms with E-state index in [1.165, 1.54) is 18.2 Å². The molecule has 7 nitrogen and oxygen atoms in total. The summed E-state index contributed by atoms with van der Waals surface area (Å²) in [6.07, 6.45) is 0. The SMILES string of the molecule is COC(=O)CNS(=O)(=O)c1ccc(N)cc1C#N. The fraction of sp³-hybridized carbons (Fsp3) is 0.200. The van der Waals surface area contributed by atoms with Crippen molar-refractivity contribution < 1.29 is 17.9 Å². The number of nitrogen functional groups attached to an aromatic ring is 1. The summed E-state index contributed by atoms with van der Waals surface area (Å²) in [4.78, 5) is 10.6. The number of hydrogen-bond donors (Lipinski definition) is 2. The molecule has 1 aromatic rings. The lowest BCUT2D eigenvalue weighted by molar-refractivity contribution is -0.139. The topological polar surface area (TPSA) is 122 Å². The van der Waals surface area contributed by atoms with Gasteiger partial charge in [-0.2, -0.15) is 9.98 Å². The number of carbonyl (C=O) groups excluding carboxylic acids is 1. The van der Waals surface area contributed by atoms with E-state index in [9.17, 15) is 13.2 Å². The lowest BCUT2D eigenvalue weighted by Crippen LogP contribution is -2.30. The second-order valence-corrected chi connectivity index (χ2v) is 5.00. The summed E-state index contributed by atoms with van der Waals surface area (Å²) in [7, 11) is -2.81. The van der Waals surface area contributed by atoms with Gasteiger partial charge < -0.3 is 10.5 Å². The highest BCUT2D eigenvalue weighted by molar-refractivity contribution is 7.89. The third-order valence-electron chi connectivity index (χ3n) is 2.05. The van der Waals surface area contributed by atoms with Crippen LogP contribution in [0.5, 0.6) is 0 Å². The fourth-order valence-corrected chi connectivity index (χ4v) is 2.28. The molecule has 0 bridgehead atoms. The standard InChI is InChI=1S/C10H11N3O4S/c1-17-10(14)6-13-18(15,16)9-3-2-8(12)4-7(9)5-11/h2-4,13H,6,12H2,1H3. The molecule has 0 aliphatic heterocycles. The van der Waals surface area contributed by atoms with Crippen molar-refractivity contribution in [1.29, 1.82) is 5.26 Å². The van der Waals surface area contributed by atoms with Gasteiger partial charge in [0.1, 0.15) is 12.6 Å². The molecule has 96 valence electrons. The zero-order valence-electron chi connectivity index (χ0n) is 9.50. The van der Waals surface area contributed by atoms with E-state index < -0.39 is 22.5 Å². The Labute approximate surface area is 104 Å². The van der Waals surface area contributed by atoms with Crippen LogP contribution in [0.2, 0.25) is 0 Å². The maximum Gasteiger partial charge on any atom is 0.320 e. The van der Waals surface area contributed by atoms with Gasteiger partial charge in [-0.25, -0.2) is 8.42 Å².